The van der Waals surface area contributed by atoms with E-state index in [0.29, 0.717) is 5.92 Å². The van der Waals surface area contributed by atoms with Crippen LogP contribution in [0.1, 0.15) is 23.5 Å². The van der Waals surface area contributed by atoms with E-state index in [4.69, 9.17) is 10.5 Å². The lowest BCUT2D eigenvalue weighted by Crippen LogP contribution is -2.07. The Balaban J connectivity index is 2.27. The molecule has 0 saturated heterocycles. The molecule has 0 fully saturated rings. The van der Waals surface area contributed by atoms with Crippen LogP contribution in [0.25, 0.3) is 10.8 Å². The van der Waals surface area contributed by atoms with E-state index in [-0.39, 0.29) is 0 Å². The summed E-state index contributed by atoms with van der Waals surface area (Å²) in [6.07, 6.45) is 2.13. The monoisotopic (exact) mass is 227 g/mol. The quantitative estimate of drug-likeness (QED) is 0.875. The molecule has 1 aliphatic rings. The minimum absolute atomic E-state index is 0.524. The maximum atomic E-state index is 5.72. The number of hydrogen-bond donors (Lipinski definition) is 1. The molecule has 0 heterocycles. The SMILES string of the molecule is COc1ccc2cccc3c2c1[C@H](CCN)C3. The van der Waals surface area contributed by atoms with Crippen LogP contribution in [0.2, 0.25) is 0 Å². The van der Waals surface area contributed by atoms with Crippen LogP contribution >= 0.6 is 0 Å². The van der Waals surface area contributed by atoms with E-state index < -0.39 is 0 Å². The molecule has 2 nitrogen and oxygen atoms in total. The fraction of sp³-hybridized carbons (Fsp3) is 0.333. The largest absolute Gasteiger partial charge is 0.496 e. The molecule has 0 unspecified atom stereocenters. The smallest absolute Gasteiger partial charge is 0.122 e. The van der Waals surface area contributed by atoms with E-state index in [1.54, 1.807) is 7.11 Å². The molecule has 0 amide bonds. The highest BCUT2D eigenvalue weighted by atomic mass is 16.5. The summed E-state index contributed by atoms with van der Waals surface area (Å²) in [7, 11) is 1.75. The summed E-state index contributed by atoms with van der Waals surface area (Å²) in [5.74, 6) is 1.54. The lowest BCUT2D eigenvalue weighted by atomic mass is 9.96. The van der Waals surface area contributed by atoms with Gasteiger partial charge in [-0.05, 0) is 47.7 Å². The van der Waals surface area contributed by atoms with Gasteiger partial charge in [-0.15, -0.1) is 0 Å². The Morgan fingerprint density at radius 1 is 1.29 bits per heavy atom. The molecule has 2 heteroatoms. The fourth-order valence-corrected chi connectivity index (χ4v) is 3.03. The normalized spacial score (nSPS) is 17.6. The second-order valence-corrected chi connectivity index (χ2v) is 4.68. The molecule has 0 aliphatic heterocycles. The summed E-state index contributed by atoms with van der Waals surface area (Å²) in [4.78, 5) is 0. The molecule has 2 aromatic carbocycles. The Labute approximate surface area is 101 Å². The van der Waals surface area contributed by atoms with Crippen LogP contribution < -0.4 is 10.5 Å². The molecule has 0 spiro atoms. The van der Waals surface area contributed by atoms with Gasteiger partial charge in [0.1, 0.15) is 5.75 Å². The Bertz CT molecular complexity index is 562. The highest BCUT2D eigenvalue weighted by Crippen LogP contribution is 2.44. The minimum Gasteiger partial charge on any atom is -0.496 e. The fourth-order valence-electron chi connectivity index (χ4n) is 3.03. The molecule has 0 radical (unpaired) electrons. The molecule has 0 aromatic heterocycles. The van der Waals surface area contributed by atoms with Crippen molar-refractivity contribution in [1.82, 2.24) is 0 Å². The molecular formula is C15H17NO. The zero-order valence-electron chi connectivity index (χ0n) is 10.1. The zero-order valence-corrected chi connectivity index (χ0v) is 10.1. The first-order chi connectivity index (χ1) is 8.35. The first kappa shape index (κ1) is 10.6. The summed E-state index contributed by atoms with van der Waals surface area (Å²) in [6.45, 7) is 0.734. The van der Waals surface area contributed by atoms with Crippen LogP contribution in [0, 0.1) is 0 Å². The summed E-state index contributed by atoms with van der Waals surface area (Å²) in [6, 6.07) is 10.8. The number of rotatable bonds is 3. The highest BCUT2D eigenvalue weighted by Gasteiger charge is 2.26. The van der Waals surface area contributed by atoms with Crippen LogP contribution in [-0.4, -0.2) is 13.7 Å². The maximum absolute atomic E-state index is 5.72. The van der Waals surface area contributed by atoms with Gasteiger partial charge in [0.2, 0.25) is 0 Å². The number of benzene rings is 2. The third-order valence-electron chi connectivity index (χ3n) is 3.74. The Morgan fingerprint density at radius 2 is 2.18 bits per heavy atom. The Hall–Kier alpha value is -1.54. The first-order valence-corrected chi connectivity index (χ1v) is 6.13. The zero-order chi connectivity index (χ0) is 11.8. The van der Waals surface area contributed by atoms with Gasteiger partial charge in [-0.3, -0.25) is 0 Å². The summed E-state index contributed by atoms with van der Waals surface area (Å²) >= 11 is 0. The number of nitrogens with two attached hydrogens (primary N) is 1. The van der Waals surface area contributed by atoms with Crippen LogP contribution in [0.4, 0.5) is 0 Å². The molecule has 88 valence electrons. The molecule has 17 heavy (non-hydrogen) atoms. The molecule has 2 aromatic rings. The van der Waals surface area contributed by atoms with E-state index in [1.807, 2.05) is 0 Å². The molecule has 1 atom stereocenters. The van der Waals surface area contributed by atoms with Crippen LogP contribution in [-0.2, 0) is 6.42 Å². The van der Waals surface area contributed by atoms with Crippen LogP contribution in [0.3, 0.4) is 0 Å². The number of methoxy groups -OCH3 is 1. The molecule has 0 bridgehead atoms. The Kier molecular flexibility index (Phi) is 2.52. The third-order valence-corrected chi connectivity index (χ3v) is 3.74. The van der Waals surface area contributed by atoms with Crippen molar-refractivity contribution in [1.29, 1.82) is 0 Å². The Morgan fingerprint density at radius 3 is 2.94 bits per heavy atom. The highest BCUT2D eigenvalue weighted by molar-refractivity contribution is 5.93. The lowest BCUT2D eigenvalue weighted by Gasteiger charge is -2.14. The summed E-state index contributed by atoms with van der Waals surface area (Å²) < 4.78 is 5.51. The lowest BCUT2D eigenvalue weighted by molar-refractivity contribution is 0.406. The second-order valence-electron chi connectivity index (χ2n) is 4.68. The van der Waals surface area contributed by atoms with Crippen molar-refractivity contribution in [2.75, 3.05) is 13.7 Å². The van der Waals surface area contributed by atoms with Crippen LogP contribution in [0.5, 0.6) is 5.75 Å². The average molecular weight is 227 g/mol. The maximum Gasteiger partial charge on any atom is 0.122 e. The van der Waals surface area contributed by atoms with E-state index in [2.05, 4.69) is 30.3 Å². The van der Waals surface area contributed by atoms with E-state index in [9.17, 15) is 0 Å². The van der Waals surface area contributed by atoms with E-state index in [1.165, 1.54) is 21.9 Å². The third kappa shape index (κ3) is 1.52. The predicted octanol–water partition coefficient (Wildman–Crippen LogP) is 2.84. The molecular weight excluding hydrogens is 210 g/mol. The van der Waals surface area contributed by atoms with Crippen molar-refractivity contribution >= 4 is 10.8 Å². The average Bonchev–Trinajstić information content (AvgIpc) is 2.72. The number of ether oxygens (including phenoxy) is 1. The van der Waals surface area contributed by atoms with Gasteiger partial charge in [0.25, 0.3) is 0 Å². The van der Waals surface area contributed by atoms with Crippen molar-refractivity contribution < 1.29 is 4.74 Å². The van der Waals surface area contributed by atoms with Crippen molar-refractivity contribution in [3.8, 4) is 5.75 Å². The predicted molar refractivity (Wildman–Crippen MR) is 70.6 cm³/mol. The van der Waals surface area contributed by atoms with E-state index in [0.717, 1.165) is 25.1 Å². The van der Waals surface area contributed by atoms with Crippen molar-refractivity contribution in [3.63, 3.8) is 0 Å². The second kappa shape index (κ2) is 4.04. The minimum atomic E-state index is 0.524. The summed E-state index contributed by atoms with van der Waals surface area (Å²) in [5.41, 5.74) is 8.53. The van der Waals surface area contributed by atoms with Gasteiger partial charge in [0, 0.05) is 5.56 Å². The van der Waals surface area contributed by atoms with Crippen molar-refractivity contribution in [2.45, 2.75) is 18.8 Å². The topological polar surface area (TPSA) is 35.2 Å². The van der Waals surface area contributed by atoms with Gasteiger partial charge >= 0.3 is 0 Å². The summed E-state index contributed by atoms with van der Waals surface area (Å²) in [5, 5.41) is 2.71. The van der Waals surface area contributed by atoms with Gasteiger partial charge in [-0.2, -0.15) is 0 Å². The number of hydrogen-bond acceptors (Lipinski definition) is 2. The van der Waals surface area contributed by atoms with E-state index >= 15 is 0 Å². The molecule has 3 rings (SSSR count). The standard InChI is InChI=1S/C15H17NO/c1-17-13-6-5-10-3-2-4-11-9-12(7-8-16)15(13)14(10)11/h2-6,12H,7-9,16H2,1H3/t12-/m1/s1. The van der Waals surface area contributed by atoms with Gasteiger partial charge in [-0.1, -0.05) is 24.3 Å². The van der Waals surface area contributed by atoms with Crippen molar-refractivity contribution in [2.24, 2.45) is 5.73 Å². The van der Waals surface area contributed by atoms with Gasteiger partial charge in [0.05, 0.1) is 7.11 Å². The van der Waals surface area contributed by atoms with Gasteiger partial charge in [-0.25, -0.2) is 0 Å². The first-order valence-electron chi connectivity index (χ1n) is 6.13. The van der Waals surface area contributed by atoms with Gasteiger partial charge < -0.3 is 10.5 Å². The molecule has 2 N–H and O–H groups in total. The molecule has 1 aliphatic carbocycles. The molecule has 0 saturated carbocycles. The van der Waals surface area contributed by atoms with Gasteiger partial charge in [0.15, 0.2) is 0 Å². The van der Waals surface area contributed by atoms with Crippen molar-refractivity contribution in [3.05, 3.63) is 41.5 Å². The van der Waals surface area contributed by atoms with Crippen LogP contribution in [0.15, 0.2) is 30.3 Å².